The zero-order chi connectivity index (χ0) is 16.2. The van der Waals surface area contributed by atoms with Crippen molar-refractivity contribution in [2.45, 2.75) is 12.8 Å². The predicted molar refractivity (Wildman–Crippen MR) is 90.1 cm³/mol. The van der Waals surface area contributed by atoms with Crippen LogP contribution in [0.2, 0.25) is 0 Å². The first kappa shape index (κ1) is 15.8. The van der Waals surface area contributed by atoms with E-state index in [0.29, 0.717) is 18.7 Å². The Morgan fingerprint density at radius 1 is 1.22 bits per heavy atom. The monoisotopic (exact) mass is 376 g/mol. The lowest BCUT2D eigenvalue weighted by Gasteiger charge is -2.31. The first-order valence-corrected chi connectivity index (χ1v) is 8.30. The minimum Gasteiger partial charge on any atom is -0.472 e. The quantitative estimate of drug-likeness (QED) is 0.890. The maximum Gasteiger partial charge on any atom is 0.257 e. The van der Waals surface area contributed by atoms with Gasteiger partial charge >= 0.3 is 0 Å². The molecular formula is C17H17BrN2O3. The number of likely N-dealkylation sites (tertiary alicyclic amines) is 1. The Morgan fingerprint density at radius 2 is 2.00 bits per heavy atom. The fourth-order valence-corrected chi connectivity index (χ4v) is 2.99. The Kier molecular flexibility index (Phi) is 4.81. The predicted octanol–water partition coefficient (Wildman–Crippen LogP) is 3.53. The molecule has 0 saturated carbocycles. The molecule has 2 aromatic rings. The second kappa shape index (κ2) is 7.00. The molecule has 1 N–H and O–H groups in total. The Hall–Kier alpha value is -2.08. The van der Waals surface area contributed by atoms with E-state index in [4.69, 9.17) is 4.42 Å². The summed E-state index contributed by atoms with van der Waals surface area (Å²) in [6, 6.07) is 9.10. The average molecular weight is 377 g/mol. The third-order valence-corrected chi connectivity index (χ3v) is 4.49. The number of carbonyl (C=O) groups excluding carboxylic acids is 2. The lowest BCUT2D eigenvalue weighted by Crippen LogP contribution is -2.43. The summed E-state index contributed by atoms with van der Waals surface area (Å²) in [5.74, 6) is -0.319. The van der Waals surface area contributed by atoms with Crippen molar-refractivity contribution in [3.63, 3.8) is 0 Å². The number of nitrogens with one attached hydrogen (secondary N) is 1. The molecule has 3 rings (SSSR count). The summed E-state index contributed by atoms with van der Waals surface area (Å²) in [5, 5.41) is 2.92. The van der Waals surface area contributed by atoms with Gasteiger partial charge in [-0.3, -0.25) is 9.59 Å². The first-order chi connectivity index (χ1) is 11.1. The van der Waals surface area contributed by atoms with Gasteiger partial charge < -0.3 is 14.6 Å². The SMILES string of the molecule is O=C(Nc1ccc(Br)cc1)C1CCCN(C(=O)c2ccoc2)C1. The number of anilines is 1. The molecule has 0 spiro atoms. The number of halogens is 1. The Labute approximate surface area is 142 Å². The van der Waals surface area contributed by atoms with Crippen molar-refractivity contribution in [2.24, 2.45) is 5.92 Å². The Bertz CT molecular complexity index is 682. The van der Waals surface area contributed by atoms with E-state index in [1.807, 2.05) is 24.3 Å². The highest BCUT2D eigenvalue weighted by Gasteiger charge is 2.29. The van der Waals surface area contributed by atoms with Crippen LogP contribution in [0.15, 0.2) is 51.7 Å². The molecule has 0 aliphatic carbocycles. The molecule has 1 aromatic heterocycles. The van der Waals surface area contributed by atoms with Crippen LogP contribution in [0.4, 0.5) is 5.69 Å². The molecule has 0 radical (unpaired) electrons. The van der Waals surface area contributed by atoms with Crippen molar-refractivity contribution in [3.05, 3.63) is 52.9 Å². The zero-order valence-electron chi connectivity index (χ0n) is 12.5. The van der Waals surface area contributed by atoms with Crippen LogP contribution in [-0.2, 0) is 4.79 Å². The summed E-state index contributed by atoms with van der Waals surface area (Å²) in [7, 11) is 0. The fourth-order valence-electron chi connectivity index (χ4n) is 2.72. The molecule has 1 saturated heterocycles. The molecule has 0 bridgehead atoms. The van der Waals surface area contributed by atoms with Gasteiger partial charge in [-0.1, -0.05) is 15.9 Å². The second-order valence-electron chi connectivity index (χ2n) is 5.60. The maximum atomic E-state index is 12.4. The number of furan rings is 1. The van der Waals surface area contributed by atoms with E-state index in [9.17, 15) is 9.59 Å². The number of carbonyl (C=O) groups is 2. The van der Waals surface area contributed by atoms with E-state index in [2.05, 4.69) is 21.2 Å². The molecule has 1 fully saturated rings. The van der Waals surface area contributed by atoms with Gasteiger partial charge in [0.05, 0.1) is 17.7 Å². The molecule has 2 heterocycles. The molecule has 1 aliphatic heterocycles. The number of benzene rings is 1. The summed E-state index contributed by atoms with van der Waals surface area (Å²) in [5.41, 5.74) is 1.29. The molecule has 6 heteroatoms. The average Bonchev–Trinajstić information content (AvgIpc) is 3.11. The Morgan fingerprint density at radius 3 is 2.70 bits per heavy atom. The van der Waals surface area contributed by atoms with Gasteiger partial charge in [-0.2, -0.15) is 0 Å². The van der Waals surface area contributed by atoms with Gasteiger partial charge in [0.25, 0.3) is 5.91 Å². The van der Waals surface area contributed by atoms with E-state index in [1.54, 1.807) is 11.0 Å². The zero-order valence-corrected chi connectivity index (χ0v) is 14.1. The minimum absolute atomic E-state index is 0.0444. The number of hydrogen-bond acceptors (Lipinski definition) is 3. The normalized spacial score (nSPS) is 17.8. The molecule has 23 heavy (non-hydrogen) atoms. The summed E-state index contributed by atoms with van der Waals surface area (Å²) >= 11 is 3.37. The molecule has 1 unspecified atom stereocenters. The third-order valence-electron chi connectivity index (χ3n) is 3.96. The van der Waals surface area contributed by atoms with E-state index < -0.39 is 0 Å². The highest BCUT2D eigenvalue weighted by atomic mass is 79.9. The number of amides is 2. The number of piperidine rings is 1. The summed E-state index contributed by atoms with van der Waals surface area (Å²) in [4.78, 5) is 26.5. The van der Waals surface area contributed by atoms with Gasteiger partial charge in [0.15, 0.2) is 0 Å². The van der Waals surface area contributed by atoms with Crippen molar-refractivity contribution in [3.8, 4) is 0 Å². The van der Waals surface area contributed by atoms with E-state index >= 15 is 0 Å². The smallest absolute Gasteiger partial charge is 0.257 e. The van der Waals surface area contributed by atoms with Crippen LogP contribution >= 0.6 is 15.9 Å². The molecule has 5 nitrogen and oxygen atoms in total. The van der Waals surface area contributed by atoms with Crippen molar-refractivity contribution in [2.75, 3.05) is 18.4 Å². The largest absolute Gasteiger partial charge is 0.472 e. The van der Waals surface area contributed by atoms with Crippen molar-refractivity contribution >= 4 is 33.4 Å². The van der Waals surface area contributed by atoms with E-state index in [-0.39, 0.29) is 17.7 Å². The van der Waals surface area contributed by atoms with Gasteiger partial charge in [0.1, 0.15) is 6.26 Å². The summed E-state index contributed by atoms with van der Waals surface area (Å²) in [6.07, 6.45) is 4.53. The van der Waals surface area contributed by atoms with Gasteiger partial charge in [-0.05, 0) is 43.2 Å². The highest BCUT2D eigenvalue weighted by Crippen LogP contribution is 2.21. The van der Waals surface area contributed by atoms with Crippen molar-refractivity contribution in [1.82, 2.24) is 4.90 Å². The topological polar surface area (TPSA) is 62.6 Å². The van der Waals surface area contributed by atoms with Gasteiger partial charge in [0, 0.05) is 23.2 Å². The van der Waals surface area contributed by atoms with Crippen molar-refractivity contribution < 1.29 is 14.0 Å². The van der Waals surface area contributed by atoms with E-state index in [0.717, 1.165) is 23.0 Å². The molecule has 2 amide bonds. The first-order valence-electron chi connectivity index (χ1n) is 7.51. The number of rotatable bonds is 3. The molecule has 120 valence electrons. The van der Waals surface area contributed by atoms with Crippen LogP contribution in [-0.4, -0.2) is 29.8 Å². The Balaban J connectivity index is 1.62. The van der Waals surface area contributed by atoms with E-state index in [1.165, 1.54) is 12.5 Å². The lowest BCUT2D eigenvalue weighted by atomic mass is 9.96. The van der Waals surface area contributed by atoms with Crippen LogP contribution in [0.25, 0.3) is 0 Å². The highest BCUT2D eigenvalue weighted by molar-refractivity contribution is 9.10. The van der Waals surface area contributed by atoms with Crippen LogP contribution in [0, 0.1) is 5.92 Å². The van der Waals surface area contributed by atoms with Crippen LogP contribution in [0.1, 0.15) is 23.2 Å². The molecule has 1 atom stereocenters. The van der Waals surface area contributed by atoms with Crippen LogP contribution < -0.4 is 5.32 Å². The van der Waals surface area contributed by atoms with Crippen molar-refractivity contribution in [1.29, 1.82) is 0 Å². The fraction of sp³-hybridized carbons (Fsp3) is 0.294. The van der Waals surface area contributed by atoms with Crippen LogP contribution in [0.5, 0.6) is 0 Å². The number of nitrogens with zero attached hydrogens (tertiary/aromatic N) is 1. The van der Waals surface area contributed by atoms with Crippen LogP contribution in [0.3, 0.4) is 0 Å². The maximum absolute atomic E-state index is 12.4. The third kappa shape index (κ3) is 3.82. The molecule has 1 aliphatic rings. The van der Waals surface area contributed by atoms with Gasteiger partial charge in [-0.15, -0.1) is 0 Å². The van der Waals surface area contributed by atoms with Gasteiger partial charge in [-0.25, -0.2) is 0 Å². The lowest BCUT2D eigenvalue weighted by molar-refractivity contribution is -0.121. The molecule has 1 aromatic carbocycles. The second-order valence-corrected chi connectivity index (χ2v) is 6.51. The number of hydrogen-bond donors (Lipinski definition) is 1. The van der Waals surface area contributed by atoms with Gasteiger partial charge in [0.2, 0.25) is 5.91 Å². The summed E-state index contributed by atoms with van der Waals surface area (Å²) in [6.45, 7) is 1.11. The molecular weight excluding hydrogens is 360 g/mol. The minimum atomic E-state index is -0.191. The standard InChI is InChI=1S/C17H17BrN2O3/c18-14-3-5-15(6-4-14)19-16(21)12-2-1-8-20(10-12)17(22)13-7-9-23-11-13/h3-7,9,11-12H,1-2,8,10H2,(H,19,21). The summed E-state index contributed by atoms with van der Waals surface area (Å²) < 4.78 is 5.92.